The van der Waals surface area contributed by atoms with E-state index in [1.807, 2.05) is 12.1 Å². The van der Waals surface area contributed by atoms with E-state index in [1.54, 1.807) is 18.2 Å². The van der Waals surface area contributed by atoms with Crippen molar-refractivity contribution in [2.45, 2.75) is 30.1 Å². The average molecular weight is 424 g/mol. The second kappa shape index (κ2) is 7.27. The summed E-state index contributed by atoms with van der Waals surface area (Å²) >= 11 is 3.26. The van der Waals surface area contributed by atoms with E-state index in [1.165, 1.54) is 23.3 Å². The van der Waals surface area contributed by atoms with Crippen molar-refractivity contribution in [3.05, 3.63) is 63.6 Å². The predicted molar refractivity (Wildman–Crippen MR) is 98.2 cm³/mol. The number of nitrogens with one attached hydrogen (secondary N) is 1. The number of fused-ring (bicyclic) bond motifs is 1. The Kier molecular flexibility index (Phi) is 5.27. The first-order valence-electron chi connectivity index (χ1n) is 7.96. The van der Waals surface area contributed by atoms with Crippen molar-refractivity contribution >= 4 is 31.9 Å². The third kappa shape index (κ3) is 4.11. The molecule has 0 aromatic heterocycles. The van der Waals surface area contributed by atoms with E-state index in [9.17, 15) is 18.3 Å². The molecule has 3 rings (SSSR count). The number of hydrogen-bond acceptors (Lipinski definition) is 3. The van der Waals surface area contributed by atoms with Crippen LogP contribution in [0.15, 0.2) is 51.8 Å². The molecule has 0 saturated heterocycles. The molecule has 0 radical (unpaired) electrons. The molecular formula is C18H18BrNO4S. The number of aliphatic carboxylic acids is 1. The highest BCUT2D eigenvalue weighted by molar-refractivity contribution is 9.10. The third-order valence-electron chi connectivity index (χ3n) is 4.42. The van der Waals surface area contributed by atoms with Gasteiger partial charge in [0.25, 0.3) is 0 Å². The van der Waals surface area contributed by atoms with Crippen molar-refractivity contribution in [3.63, 3.8) is 0 Å². The van der Waals surface area contributed by atoms with Gasteiger partial charge in [0.1, 0.15) is 0 Å². The lowest BCUT2D eigenvalue weighted by atomic mass is 9.96. The summed E-state index contributed by atoms with van der Waals surface area (Å²) in [5, 5.41) is 9.54. The van der Waals surface area contributed by atoms with Gasteiger partial charge in [-0.2, -0.15) is 0 Å². The molecule has 1 unspecified atom stereocenters. The number of benzene rings is 2. The van der Waals surface area contributed by atoms with Crippen molar-refractivity contribution in [2.75, 3.05) is 6.54 Å². The van der Waals surface area contributed by atoms with Crippen LogP contribution in [-0.4, -0.2) is 26.0 Å². The molecule has 2 aromatic rings. The summed E-state index contributed by atoms with van der Waals surface area (Å²) in [5.41, 5.74) is 3.05. The molecule has 2 N–H and O–H groups in total. The van der Waals surface area contributed by atoms with Gasteiger partial charge in [0, 0.05) is 11.0 Å². The lowest BCUT2D eigenvalue weighted by Crippen LogP contribution is -2.31. The van der Waals surface area contributed by atoms with Crippen LogP contribution in [-0.2, 0) is 27.7 Å². The molecule has 0 heterocycles. The Morgan fingerprint density at radius 3 is 2.48 bits per heavy atom. The average Bonchev–Trinajstić information content (AvgIpc) is 3.02. The lowest BCUT2D eigenvalue weighted by molar-refractivity contribution is -0.138. The van der Waals surface area contributed by atoms with E-state index >= 15 is 0 Å². The maximum atomic E-state index is 12.4. The van der Waals surface area contributed by atoms with Gasteiger partial charge in [0.15, 0.2) is 0 Å². The first-order chi connectivity index (χ1) is 11.9. The Morgan fingerprint density at radius 1 is 1.12 bits per heavy atom. The minimum atomic E-state index is -3.76. The minimum Gasteiger partial charge on any atom is -0.481 e. The Balaban J connectivity index is 1.78. The lowest BCUT2D eigenvalue weighted by Gasteiger charge is -2.15. The topological polar surface area (TPSA) is 83.5 Å². The fourth-order valence-electron chi connectivity index (χ4n) is 3.05. The zero-order chi connectivity index (χ0) is 18.0. The van der Waals surface area contributed by atoms with Crippen LogP contribution in [0.3, 0.4) is 0 Å². The van der Waals surface area contributed by atoms with Gasteiger partial charge in [0.05, 0.1) is 10.8 Å². The van der Waals surface area contributed by atoms with Crippen LogP contribution < -0.4 is 4.72 Å². The van der Waals surface area contributed by atoms with Crippen molar-refractivity contribution in [2.24, 2.45) is 0 Å². The summed E-state index contributed by atoms with van der Waals surface area (Å²) in [6.07, 6.45) is 3.04. The van der Waals surface area contributed by atoms with Gasteiger partial charge in [-0.3, -0.25) is 4.79 Å². The monoisotopic (exact) mass is 423 g/mol. The van der Waals surface area contributed by atoms with E-state index in [0.717, 1.165) is 23.7 Å². The van der Waals surface area contributed by atoms with E-state index in [0.29, 0.717) is 5.56 Å². The molecule has 0 fully saturated rings. The van der Waals surface area contributed by atoms with Crippen LogP contribution in [0.1, 0.15) is 29.0 Å². The van der Waals surface area contributed by atoms with Crippen LogP contribution in [0.5, 0.6) is 0 Å². The second-order valence-corrected chi connectivity index (χ2v) is 8.76. The molecule has 1 aliphatic rings. The van der Waals surface area contributed by atoms with Crippen molar-refractivity contribution in [1.29, 1.82) is 0 Å². The SMILES string of the molecule is O=C(O)C(CNS(=O)(=O)c1ccc(Br)cc1)c1ccc2c(c1)CCC2. The largest absolute Gasteiger partial charge is 0.481 e. The minimum absolute atomic E-state index is 0.105. The molecule has 0 spiro atoms. The first-order valence-corrected chi connectivity index (χ1v) is 10.2. The quantitative estimate of drug-likeness (QED) is 0.747. The third-order valence-corrected chi connectivity index (χ3v) is 6.39. The normalized spacial score (nSPS) is 14.9. The van der Waals surface area contributed by atoms with E-state index in [2.05, 4.69) is 20.7 Å². The van der Waals surface area contributed by atoms with Crippen LogP contribution in [0.25, 0.3) is 0 Å². The smallest absolute Gasteiger partial charge is 0.312 e. The molecular weight excluding hydrogens is 406 g/mol. The Bertz CT molecular complexity index is 894. The van der Waals surface area contributed by atoms with Crippen LogP contribution >= 0.6 is 15.9 Å². The number of hydrogen-bond donors (Lipinski definition) is 2. The second-order valence-electron chi connectivity index (χ2n) is 6.08. The summed E-state index contributed by atoms with van der Waals surface area (Å²) in [4.78, 5) is 11.8. The molecule has 0 aliphatic heterocycles. The van der Waals surface area contributed by atoms with E-state index in [4.69, 9.17) is 0 Å². The number of carbonyl (C=O) groups is 1. The van der Waals surface area contributed by atoms with Gasteiger partial charge in [-0.05, 0) is 60.2 Å². The van der Waals surface area contributed by atoms with Crippen molar-refractivity contribution < 1.29 is 18.3 Å². The Morgan fingerprint density at radius 2 is 1.80 bits per heavy atom. The summed E-state index contributed by atoms with van der Waals surface area (Å²) in [7, 11) is -3.76. The maximum absolute atomic E-state index is 12.4. The Hall–Kier alpha value is -1.70. The molecule has 0 amide bonds. The fraction of sp³-hybridized carbons (Fsp3) is 0.278. The van der Waals surface area contributed by atoms with Gasteiger partial charge in [0.2, 0.25) is 10.0 Å². The molecule has 7 heteroatoms. The maximum Gasteiger partial charge on any atom is 0.312 e. The molecule has 1 aliphatic carbocycles. The van der Waals surface area contributed by atoms with Crippen molar-refractivity contribution in [3.8, 4) is 0 Å². The highest BCUT2D eigenvalue weighted by atomic mass is 79.9. The summed E-state index contributed by atoms with van der Waals surface area (Å²) in [6, 6.07) is 11.8. The fourth-order valence-corrected chi connectivity index (χ4v) is 4.36. The summed E-state index contributed by atoms with van der Waals surface area (Å²) < 4.78 is 27.9. The number of aryl methyl sites for hydroxylation is 2. The van der Waals surface area contributed by atoms with Gasteiger partial charge in [-0.25, -0.2) is 13.1 Å². The molecule has 1 atom stereocenters. The van der Waals surface area contributed by atoms with Gasteiger partial charge in [-0.1, -0.05) is 34.1 Å². The molecule has 132 valence electrons. The Labute approximate surface area is 155 Å². The van der Waals surface area contributed by atoms with Crippen LogP contribution in [0.4, 0.5) is 0 Å². The number of carboxylic acid groups (broad SMARTS) is 1. The molecule has 0 saturated carbocycles. The van der Waals surface area contributed by atoms with Crippen LogP contribution in [0, 0.1) is 0 Å². The zero-order valence-electron chi connectivity index (χ0n) is 13.4. The van der Waals surface area contributed by atoms with Crippen LogP contribution in [0.2, 0.25) is 0 Å². The molecule has 25 heavy (non-hydrogen) atoms. The van der Waals surface area contributed by atoms with Gasteiger partial charge < -0.3 is 5.11 Å². The zero-order valence-corrected chi connectivity index (χ0v) is 15.8. The summed E-state index contributed by atoms with van der Waals surface area (Å²) in [5.74, 6) is -1.97. The highest BCUT2D eigenvalue weighted by Gasteiger charge is 2.25. The van der Waals surface area contributed by atoms with E-state index in [-0.39, 0.29) is 11.4 Å². The number of sulfonamides is 1. The number of halogens is 1. The van der Waals surface area contributed by atoms with Gasteiger partial charge >= 0.3 is 5.97 Å². The number of rotatable bonds is 6. The number of carboxylic acids is 1. The molecule has 5 nitrogen and oxygen atoms in total. The van der Waals surface area contributed by atoms with Gasteiger partial charge in [-0.15, -0.1) is 0 Å². The molecule has 0 bridgehead atoms. The molecule has 2 aromatic carbocycles. The standard InChI is InChI=1S/C18H18BrNO4S/c19-15-6-8-16(9-7-15)25(23,24)20-11-17(18(21)22)14-5-4-12-2-1-3-13(12)10-14/h4-10,17,20H,1-3,11H2,(H,21,22). The van der Waals surface area contributed by atoms with E-state index < -0.39 is 21.9 Å². The highest BCUT2D eigenvalue weighted by Crippen LogP contribution is 2.26. The first kappa shape index (κ1) is 18.1. The summed E-state index contributed by atoms with van der Waals surface area (Å²) in [6.45, 7) is -0.188. The predicted octanol–water partition coefficient (Wildman–Crippen LogP) is 3.08. The van der Waals surface area contributed by atoms with Crippen molar-refractivity contribution in [1.82, 2.24) is 4.72 Å².